The summed E-state index contributed by atoms with van der Waals surface area (Å²) >= 11 is 0. The third kappa shape index (κ3) is 44.4. The summed E-state index contributed by atoms with van der Waals surface area (Å²) in [5.41, 5.74) is 0. The van der Waals surface area contributed by atoms with Gasteiger partial charge in [-0.05, 0) is 64.2 Å². The van der Waals surface area contributed by atoms with Crippen molar-refractivity contribution in [3.63, 3.8) is 0 Å². The Kier molecular flexibility index (Phi) is 41.4. The Hall–Kier alpha value is -0.510. The minimum Gasteiger partial charge on any atom is -1.00 e. The summed E-state index contributed by atoms with van der Waals surface area (Å²) in [6.07, 6.45) is 39.3. The Labute approximate surface area is 362 Å². The van der Waals surface area contributed by atoms with Gasteiger partial charge in [0.2, 0.25) is 0 Å². The van der Waals surface area contributed by atoms with Crippen LogP contribution in [-0.2, 0) is 32.7 Å². The largest absolute Gasteiger partial charge is 1.00 e. The van der Waals surface area contributed by atoms with Gasteiger partial charge >= 0.3 is 49.3 Å². The van der Waals surface area contributed by atoms with Crippen molar-refractivity contribution in [3.8, 4) is 0 Å². The number of carbonyl (C=O) groups is 2. The maximum Gasteiger partial charge on any atom is 1.00 e. The van der Waals surface area contributed by atoms with E-state index in [9.17, 15) is 19.0 Å². The molecule has 0 aliphatic heterocycles. The summed E-state index contributed by atoms with van der Waals surface area (Å²) in [5, 5.41) is 0. The van der Waals surface area contributed by atoms with Crippen molar-refractivity contribution in [1.82, 2.24) is 0 Å². The van der Waals surface area contributed by atoms with Gasteiger partial charge in [0.25, 0.3) is 0 Å². The van der Waals surface area contributed by atoms with E-state index in [-0.39, 0.29) is 63.0 Å². The Morgan fingerprint density at radius 3 is 1.38 bits per heavy atom. The van der Waals surface area contributed by atoms with Crippen LogP contribution in [0.2, 0.25) is 0 Å². The number of allylic oxidation sites excluding steroid dienone is 4. The van der Waals surface area contributed by atoms with E-state index >= 15 is 0 Å². The first kappa shape index (κ1) is 56.6. The molecule has 0 spiro atoms. The van der Waals surface area contributed by atoms with E-state index < -0.39 is 26.5 Å². The van der Waals surface area contributed by atoms with Crippen LogP contribution in [0.4, 0.5) is 0 Å². The summed E-state index contributed by atoms with van der Waals surface area (Å²) in [6, 6.07) is 0. The van der Waals surface area contributed by atoms with Crippen molar-refractivity contribution in [2.75, 3.05) is 47.5 Å². The summed E-state index contributed by atoms with van der Waals surface area (Å²) in [7, 11) is 1.47. The molecular formula is C44H86NNaO8P+. The molecule has 320 valence electrons. The first-order valence-corrected chi connectivity index (χ1v) is 23.6. The summed E-state index contributed by atoms with van der Waals surface area (Å²) < 4.78 is 34.3. The third-order valence-electron chi connectivity index (χ3n) is 9.45. The van der Waals surface area contributed by atoms with Crippen molar-refractivity contribution in [1.29, 1.82) is 0 Å². The number of phosphoric ester groups is 1. The number of carbonyl (C=O) groups excluding carboxylic acids is 2. The standard InChI is InChI=1S/C44H84NO8P.Na.H/c1-6-8-10-12-14-16-18-20-22-24-26-28-30-32-34-36-43(46)50-40-42(41-52-54(48,49)51-39-38-45(3,4)5)53-44(47)37-35-33-31-29-27-25-23-21-19-17-15-13-11-9-7-2;;/h20-23,42H,6-19,24-41H2,1-5H3;;/q;+1;-1/p+1/b22-20-,23-21-;;/t42-;;/m1../s1. The number of ether oxygens (including phenoxy) is 2. The number of rotatable bonds is 40. The van der Waals surface area contributed by atoms with Crippen molar-refractivity contribution in [3.05, 3.63) is 24.3 Å². The Balaban J connectivity index is -0.0000140. The van der Waals surface area contributed by atoms with Crippen LogP contribution in [0.3, 0.4) is 0 Å². The van der Waals surface area contributed by atoms with E-state index in [1.165, 1.54) is 89.9 Å². The quantitative estimate of drug-likeness (QED) is 0.0163. The van der Waals surface area contributed by atoms with Gasteiger partial charge in [-0.1, -0.05) is 141 Å². The van der Waals surface area contributed by atoms with Crippen LogP contribution in [0.25, 0.3) is 0 Å². The zero-order valence-corrected chi connectivity index (χ0v) is 39.6. The second-order valence-electron chi connectivity index (χ2n) is 16.1. The zero-order chi connectivity index (χ0) is 40.0. The molecule has 55 heavy (non-hydrogen) atoms. The predicted octanol–water partition coefficient (Wildman–Crippen LogP) is 9.47. The fourth-order valence-electron chi connectivity index (χ4n) is 5.94. The molecule has 1 N–H and O–H groups in total. The molecule has 0 aliphatic carbocycles. The van der Waals surface area contributed by atoms with Gasteiger partial charge in [-0.2, -0.15) is 0 Å². The fourth-order valence-corrected chi connectivity index (χ4v) is 6.69. The second kappa shape index (κ2) is 40.3. The molecule has 0 aromatic rings. The van der Waals surface area contributed by atoms with Crippen LogP contribution < -0.4 is 29.6 Å². The molecular weight excluding hydrogens is 724 g/mol. The third-order valence-corrected chi connectivity index (χ3v) is 10.4. The van der Waals surface area contributed by atoms with Crippen LogP contribution in [0, 0.1) is 0 Å². The van der Waals surface area contributed by atoms with Gasteiger partial charge in [0.1, 0.15) is 19.8 Å². The molecule has 9 nitrogen and oxygen atoms in total. The maximum atomic E-state index is 12.7. The molecule has 0 aliphatic rings. The summed E-state index contributed by atoms with van der Waals surface area (Å²) in [5.74, 6) is -0.814. The summed E-state index contributed by atoms with van der Waals surface area (Å²) in [6.45, 7) is 4.40. The smallest absolute Gasteiger partial charge is 1.00 e. The van der Waals surface area contributed by atoms with E-state index in [0.717, 1.165) is 70.6 Å². The van der Waals surface area contributed by atoms with E-state index in [1.807, 2.05) is 21.1 Å². The molecule has 0 fully saturated rings. The first-order chi connectivity index (χ1) is 26.0. The molecule has 0 amide bonds. The topological polar surface area (TPSA) is 108 Å². The van der Waals surface area contributed by atoms with Gasteiger partial charge in [-0.15, -0.1) is 0 Å². The van der Waals surface area contributed by atoms with Crippen LogP contribution >= 0.6 is 7.82 Å². The number of hydrogen-bond donors (Lipinski definition) is 1. The minimum atomic E-state index is -4.37. The molecule has 1 unspecified atom stereocenters. The first-order valence-electron chi connectivity index (χ1n) is 22.1. The van der Waals surface area contributed by atoms with Gasteiger partial charge in [0.05, 0.1) is 27.7 Å². The number of phosphoric acid groups is 1. The van der Waals surface area contributed by atoms with Gasteiger partial charge in [-0.25, -0.2) is 4.57 Å². The monoisotopic (exact) mass is 811 g/mol. The van der Waals surface area contributed by atoms with Gasteiger partial charge in [-0.3, -0.25) is 18.6 Å². The van der Waals surface area contributed by atoms with Crippen LogP contribution in [0.5, 0.6) is 0 Å². The number of quaternary nitrogens is 1. The SMILES string of the molecule is CCCCCCCC/C=C\CCCCCCCC(=O)OC[C@H](COP(=O)(O)OCC[N+](C)(C)C)OC(=O)CCCCCCC/C=C\CCCCCCCC.[H-].[Na+]. The normalized spacial score (nSPS) is 13.6. The van der Waals surface area contributed by atoms with Crippen LogP contribution in [0.1, 0.15) is 195 Å². The van der Waals surface area contributed by atoms with Crippen molar-refractivity contribution < 1.29 is 73.0 Å². The number of likely N-dealkylation sites (N-methyl/N-ethyl adjacent to an activating group) is 1. The number of unbranched alkanes of at least 4 members (excludes halogenated alkanes) is 22. The Bertz CT molecular complexity index is 995. The average Bonchev–Trinajstić information content (AvgIpc) is 3.12. The molecule has 0 aromatic carbocycles. The van der Waals surface area contributed by atoms with Gasteiger partial charge < -0.3 is 20.3 Å². The molecule has 0 aromatic heterocycles. The number of esters is 2. The molecule has 0 bridgehead atoms. The van der Waals surface area contributed by atoms with Crippen LogP contribution in [0.15, 0.2) is 24.3 Å². The van der Waals surface area contributed by atoms with Gasteiger partial charge in [0, 0.05) is 12.8 Å². The van der Waals surface area contributed by atoms with Gasteiger partial charge in [0.15, 0.2) is 6.10 Å². The summed E-state index contributed by atoms with van der Waals surface area (Å²) in [4.78, 5) is 35.3. The number of nitrogens with zero attached hydrogens (tertiary/aromatic N) is 1. The zero-order valence-electron chi connectivity index (χ0n) is 37.7. The molecule has 0 radical (unpaired) electrons. The molecule has 0 saturated carbocycles. The van der Waals surface area contributed by atoms with E-state index in [4.69, 9.17) is 18.5 Å². The van der Waals surface area contributed by atoms with Crippen molar-refractivity contribution in [2.24, 2.45) is 0 Å². The van der Waals surface area contributed by atoms with Crippen molar-refractivity contribution in [2.45, 2.75) is 200 Å². The van der Waals surface area contributed by atoms with Crippen molar-refractivity contribution >= 4 is 19.8 Å². The predicted molar refractivity (Wildman–Crippen MR) is 225 cm³/mol. The second-order valence-corrected chi connectivity index (χ2v) is 17.5. The molecule has 0 saturated heterocycles. The number of hydrogen-bond acceptors (Lipinski definition) is 7. The maximum absolute atomic E-state index is 12.7. The Morgan fingerprint density at radius 1 is 0.582 bits per heavy atom. The average molecular weight is 811 g/mol. The minimum absolute atomic E-state index is 0. The van der Waals surface area contributed by atoms with Crippen LogP contribution in [-0.4, -0.2) is 74.9 Å². The molecule has 0 heterocycles. The molecule has 11 heteroatoms. The van der Waals surface area contributed by atoms with E-state index in [0.29, 0.717) is 17.4 Å². The molecule has 0 rings (SSSR count). The fraction of sp³-hybridized carbons (Fsp3) is 0.864. The van der Waals surface area contributed by atoms with E-state index in [1.54, 1.807) is 0 Å². The van der Waals surface area contributed by atoms with E-state index in [2.05, 4.69) is 38.2 Å². The molecule has 2 atom stereocenters. The Morgan fingerprint density at radius 2 is 0.964 bits per heavy atom.